The first-order valence-electron chi connectivity index (χ1n) is 5.41. The van der Waals surface area contributed by atoms with Crippen LogP contribution in [-0.2, 0) is 0 Å². The Balaban J connectivity index is 2.06. The Morgan fingerprint density at radius 3 is 2.71 bits per heavy atom. The van der Waals surface area contributed by atoms with E-state index in [1.165, 1.54) is 0 Å². The van der Waals surface area contributed by atoms with Crippen molar-refractivity contribution in [3.8, 4) is 0 Å². The fraction of sp³-hybridized carbons (Fsp3) is 0.545. The van der Waals surface area contributed by atoms with Crippen LogP contribution in [-0.4, -0.2) is 22.5 Å². The van der Waals surface area contributed by atoms with Gasteiger partial charge in [0.2, 0.25) is 0 Å². The summed E-state index contributed by atoms with van der Waals surface area (Å²) in [7, 11) is 0. The third kappa shape index (κ3) is 2.86. The Labute approximate surface area is 102 Å². The predicted molar refractivity (Wildman–Crippen MR) is 62.7 cm³/mol. The SMILES string of the molecule is CSC1CCC(Nc2nc(F)c(F)cc2F)C1. The zero-order chi connectivity index (χ0) is 12.4. The van der Waals surface area contributed by atoms with Gasteiger partial charge in [-0.2, -0.15) is 21.1 Å². The molecule has 2 rings (SSSR count). The number of halogens is 3. The second-order valence-corrected chi connectivity index (χ2v) is 5.24. The number of aromatic nitrogens is 1. The average Bonchev–Trinajstić information content (AvgIpc) is 2.73. The number of rotatable bonds is 3. The van der Waals surface area contributed by atoms with Gasteiger partial charge in [-0.3, -0.25) is 0 Å². The van der Waals surface area contributed by atoms with Crippen molar-refractivity contribution in [2.75, 3.05) is 11.6 Å². The number of nitrogens with one attached hydrogen (secondary N) is 1. The summed E-state index contributed by atoms with van der Waals surface area (Å²) in [6.07, 6.45) is 4.86. The standard InChI is InChI=1S/C11H13F3N2S/c1-17-7-3-2-6(4-7)15-11-9(13)5-8(12)10(14)16-11/h5-7H,2-4H2,1H3,(H,15,16). The minimum Gasteiger partial charge on any atom is -0.365 e. The summed E-state index contributed by atoms with van der Waals surface area (Å²) in [6.45, 7) is 0. The summed E-state index contributed by atoms with van der Waals surface area (Å²) < 4.78 is 38.9. The third-order valence-corrected chi connectivity index (χ3v) is 4.04. The zero-order valence-electron chi connectivity index (χ0n) is 9.34. The molecule has 0 saturated heterocycles. The molecular formula is C11H13F3N2S. The minimum absolute atomic E-state index is 0.0827. The molecule has 1 fully saturated rings. The third-order valence-electron chi connectivity index (χ3n) is 2.95. The molecule has 0 amide bonds. The van der Waals surface area contributed by atoms with E-state index in [1.54, 1.807) is 11.8 Å². The van der Waals surface area contributed by atoms with E-state index in [4.69, 9.17) is 0 Å². The summed E-state index contributed by atoms with van der Waals surface area (Å²) in [5, 5.41) is 3.38. The summed E-state index contributed by atoms with van der Waals surface area (Å²) in [5.41, 5.74) is 0. The van der Waals surface area contributed by atoms with Gasteiger partial charge in [0.05, 0.1) is 0 Å². The molecule has 6 heteroatoms. The quantitative estimate of drug-likeness (QED) is 0.847. The topological polar surface area (TPSA) is 24.9 Å². The van der Waals surface area contributed by atoms with Gasteiger partial charge in [0, 0.05) is 17.4 Å². The van der Waals surface area contributed by atoms with Crippen LogP contribution in [0.1, 0.15) is 19.3 Å². The number of thioether (sulfide) groups is 1. The number of hydrogen-bond donors (Lipinski definition) is 1. The van der Waals surface area contributed by atoms with Gasteiger partial charge in [0.1, 0.15) is 0 Å². The highest BCUT2D eigenvalue weighted by atomic mass is 32.2. The predicted octanol–water partition coefficient (Wildman–Crippen LogP) is 3.19. The van der Waals surface area contributed by atoms with E-state index >= 15 is 0 Å². The molecule has 1 aliphatic rings. The number of nitrogens with zero attached hydrogens (tertiary/aromatic N) is 1. The van der Waals surface area contributed by atoms with Crippen molar-refractivity contribution in [2.45, 2.75) is 30.6 Å². The van der Waals surface area contributed by atoms with E-state index in [0.717, 1.165) is 19.3 Å². The summed E-state index contributed by atoms with van der Waals surface area (Å²) >= 11 is 1.77. The number of hydrogen-bond acceptors (Lipinski definition) is 3. The molecule has 0 aromatic carbocycles. The first-order chi connectivity index (χ1) is 8.10. The Kier molecular flexibility index (Phi) is 3.81. The van der Waals surface area contributed by atoms with E-state index in [9.17, 15) is 13.2 Å². The molecule has 1 aromatic rings. The van der Waals surface area contributed by atoms with Gasteiger partial charge in [-0.15, -0.1) is 0 Å². The van der Waals surface area contributed by atoms with Crippen LogP contribution in [0.25, 0.3) is 0 Å². The van der Waals surface area contributed by atoms with Gasteiger partial charge in [-0.05, 0) is 25.5 Å². The van der Waals surface area contributed by atoms with Crippen molar-refractivity contribution < 1.29 is 13.2 Å². The highest BCUT2D eigenvalue weighted by molar-refractivity contribution is 7.99. The molecule has 0 aliphatic heterocycles. The highest BCUT2D eigenvalue weighted by Crippen LogP contribution is 2.30. The number of anilines is 1. The van der Waals surface area contributed by atoms with Crippen LogP contribution in [0.3, 0.4) is 0 Å². The maximum Gasteiger partial charge on any atom is 0.251 e. The van der Waals surface area contributed by atoms with Crippen LogP contribution in [0, 0.1) is 17.6 Å². The maximum absolute atomic E-state index is 13.3. The lowest BCUT2D eigenvalue weighted by atomic mass is 10.2. The smallest absolute Gasteiger partial charge is 0.251 e. The summed E-state index contributed by atoms with van der Waals surface area (Å²) in [4.78, 5) is 3.25. The molecule has 94 valence electrons. The van der Waals surface area contributed by atoms with Crippen LogP contribution in [0.4, 0.5) is 19.0 Å². The zero-order valence-corrected chi connectivity index (χ0v) is 10.2. The minimum atomic E-state index is -1.27. The van der Waals surface area contributed by atoms with E-state index < -0.39 is 17.6 Å². The van der Waals surface area contributed by atoms with Crippen molar-refractivity contribution >= 4 is 17.6 Å². The highest BCUT2D eigenvalue weighted by Gasteiger charge is 2.25. The van der Waals surface area contributed by atoms with Gasteiger partial charge in [-0.25, -0.2) is 8.78 Å². The van der Waals surface area contributed by atoms with Gasteiger partial charge in [0.15, 0.2) is 17.5 Å². The first kappa shape index (κ1) is 12.5. The Morgan fingerprint density at radius 2 is 2.06 bits per heavy atom. The second kappa shape index (κ2) is 5.16. The molecule has 0 bridgehead atoms. The van der Waals surface area contributed by atoms with Crippen molar-refractivity contribution in [3.63, 3.8) is 0 Å². The summed E-state index contributed by atoms with van der Waals surface area (Å²) in [5.74, 6) is -3.58. The van der Waals surface area contributed by atoms with Crippen LogP contribution in [0.15, 0.2) is 6.07 Å². The molecule has 0 spiro atoms. The molecular weight excluding hydrogens is 249 g/mol. The van der Waals surface area contributed by atoms with Gasteiger partial charge < -0.3 is 5.32 Å². The molecule has 1 aromatic heterocycles. The summed E-state index contributed by atoms with van der Waals surface area (Å²) in [6, 6.07) is 0.602. The van der Waals surface area contributed by atoms with Crippen LogP contribution in [0.5, 0.6) is 0 Å². The fourth-order valence-electron chi connectivity index (χ4n) is 2.02. The van der Waals surface area contributed by atoms with Gasteiger partial charge in [0.25, 0.3) is 5.95 Å². The Hall–Kier alpha value is -0.910. The lowest BCUT2D eigenvalue weighted by molar-refractivity contribution is 0.465. The van der Waals surface area contributed by atoms with Crippen molar-refractivity contribution in [3.05, 3.63) is 23.6 Å². The van der Waals surface area contributed by atoms with E-state index in [-0.39, 0.29) is 11.9 Å². The lowest BCUT2D eigenvalue weighted by Gasteiger charge is -2.14. The average molecular weight is 262 g/mol. The molecule has 1 aliphatic carbocycles. The van der Waals surface area contributed by atoms with Gasteiger partial charge in [-0.1, -0.05) is 0 Å². The monoisotopic (exact) mass is 262 g/mol. The molecule has 0 radical (unpaired) electrons. The molecule has 1 saturated carbocycles. The van der Waals surface area contributed by atoms with Crippen LogP contribution in [0.2, 0.25) is 0 Å². The normalized spacial score (nSPS) is 24.0. The Bertz CT molecular complexity index is 414. The molecule has 2 atom stereocenters. The Morgan fingerprint density at radius 1 is 1.29 bits per heavy atom. The first-order valence-corrected chi connectivity index (χ1v) is 6.70. The maximum atomic E-state index is 13.3. The van der Waals surface area contributed by atoms with E-state index in [0.29, 0.717) is 11.3 Å². The van der Waals surface area contributed by atoms with Crippen molar-refractivity contribution in [1.29, 1.82) is 0 Å². The number of pyridine rings is 1. The second-order valence-electron chi connectivity index (χ2n) is 4.10. The molecule has 1 N–H and O–H groups in total. The van der Waals surface area contributed by atoms with E-state index in [2.05, 4.69) is 10.3 Å². The molecule has 2 nitrogen and oxygen atoms in total. The molecule has 17 heavy (non-hydrogen) atoms. The van der Waals surface area contributed by atoms with E-state index in [1.807, 2.05) is 6.26 Å². The van der Waals surface area contributed by atoms with Crippen molar-refractivity contribution in [1.82, 2.24) is 4.98 Å². The molecule has 2 unspecified atom stereocenters. The van der Waals surface area contributed by atoms with Crippen molar-refractivity contribution in [2.24, 2.45) is 0 Å². The largest absolute Gasteiger partial charge is 0.365 e. The van der Waals surface area contributed by atoms with Gasteiger partial charge >= 0.3 is 0 Å². The molecule has 1 heterocycles. The van der Waals surface area contributed by atoms with Crippen LogP contribution < -0.4 is 5.32 Å². The van der Waals surface area contributed by atoms with Crippen LogP contribution >= 0.6 is 11.8 Å². The fourth-order valence-corrected chi connectivity index (χ4v) is 2.82. The lowest BCUT2D eigenvalue weighted by Crippen LogP contribution is -2.18.